The lowest BCUT2D eigenvalue weighted by atomic mass is 10.0. The summed E-state index contributed by atoms with van der Waals surface area (Å²) < 4.78 is 5.44. The first-order chi connectivity index (χ1) is 27.0. The Morgan fingerprint density at radius 2 is 0.927 bits per heavy atom. The first kappa shape index (κ1) is 53.1. The van der Waals surface area contributed by atoms with E-state index in [0.717, 1.165) is 70.6 Å². The quantitative estimate of drug-likeness (QED) is 0.0326. The Balaban J connectivity index is 3.51. The van der Waals surface area contributed by atoms with Crippen molar-refractivity contribution in [2.45, 2.75) is 251 Å². The van der Waals surface area contributed by atoms with Gasteiger partial charge in [0.25, 0.3) is 0 Å². The lowest BCUT2D eigenvalue weighted by Gasteiger charge is -2.20. The normalized spacial score (nSPS) is 13.0. The lowest BCUT2D eigenvalue weighted by molar-refractivity contribution is -0.143. The standard InChI is InChI=1S/C49H91NO5/c1-3-5-7-9-11-13-15-17-18-23-27-31-35-39-43-49(54)55-44-40-36-32-28-24-20-19-22-26-30-34-38-42-48(53)50-46(45-51)47(52)41-37-33-29-25-21-16-14-12-10-8-6-4-2/h9,11,15,17,37,41,46-47,51-52H,3-8,10,12-14,16,18-36,38-40,42-45H2,1-2H3,(H,50,53)/b11-9-,17-15-,41-37+. The van der Waals surface area contributed by atoms with Gasteiger partial charge in [0.1, 0.15) is 0 Å². The second-order valence-electron chi connectivity index (χ2n) is 16.1. The number of unbranched alkanes of at least 4 members (excludes halogenated alkanes) is 28. The first-order valence-electron chi connectivity index (χ1n) is 23.8. The lowest BCUT2D eigenvalue weighted by Crippen LogP contribution is -2.45. The van der Waals surface area contributed by atoms with Gasteiger partial charge in [-0.1, -0.05) is 204 Å². The number of aliphatic hydroxyl groups excluding tert-OH is 2. The zero-order chi connectivity index (χ0) is 40.1. The number of aliphatic hydroxyl groups is 2. The van der Waals surface area contributed by atoms with E-state index in [1.54, 1.807) is 6.08 Å². The van der Waals surface area contributed by atoms with Crippen molar-refractivity contribution in [2.75, 3.05) is 13.2 Å². The predicted molar refractivity (Wildman–Crippen MR) is 236 cm³/mol. The van der Waals surface area contributed by atoms with Gasteiger partial charge in [-0.05, 0) is 57.8 Å². The Morgan fingerprint density at radius 1 is 0.509 bits per heavy atom. The molecule has 0 aromatic heterocycles. The molecule has 0 bridgehead atoms. The molecule has 0 aliphatic carbocycles. The minimum absolute atomic E-state index is 0.0265. The van der Waals surface area contributed by atoms with Crippen LogP contribution in [0, 0.1) is 0 Å². The van der Waals surface area contributed by atoms with Crippen LogP contribution in [-0.2, 0) is 14.3 Å². The van der Waals surface area contributed by atoms with Gasteiger partial charge in [-0.25, -0.2) is 0 Å². The molecule has 0 aromatic rings. The summed E-state index contributed by atoms with van der Waals surface area (Å²) in [4.78, 5) is 24.4. The van der Waals surface area contributed by atoms with Gasteiger partial charge in [0, 0.05) is 12.8 Å². The van der Waals surface area contributed by atoms with Crippen molar-refractivity contribution in [3.05, 3.63) is 36.5 Å². The van der Waals surface area contributed by atoms with Crippen molar-refractivity contribution in [3.63, 3.8) is 0 Å². The van der Waals surface area contributed by atoms with Gasteiger partial charge in [-0.3, -0.25) is 9.59 Å². The molecular formula is C49H91NO5. The molecule has 0 radical (unpaired) electrons. The van der Waals surface area contributed by atoms with Gasteiger partial charge in [0.15, 0.2) is 0 Å². The number of carbonyl (C=O) groups is 2. The van der Waals surface area contributed by atoms with Gasteiger partial charge in [0.05, 0.1) is 25.4 Å². The zero-order valence-electron chi connectivity index (χ0n) is 36.4. The summed E-state index contributed by atoms with van der Waals surface area (Å²) in [5.74, 6) is -0.113. The van der Waals surface area contributed by atoms with Crippen LogP contribution in [-0.4, -0.2) is 47.4 Å². The summed E-state index contributed by atoms with van der Waals surface area (Å²) in [5, 5.41) is 23.0. The third-order valence-corrected chi connectivity index (χ3v) is 10.7. The fourth-order valence-electron chi connectivity index (χ4n) is 6.94. The van der Waals surface area contributed by atoms with Crippen molar-refractivity contribution in [1.29, 1.82) is 0 Å². The van der Waals surface area contributed by atoms with Gasteiger partial charge in [-0.15, -0.1) is 0 Å². The third kappa shape index (κ3) is 41.5. The molecule has 6 nitrogen and oxygen atoms in total. The number of allylic oxidation sites excluding steroid dienone is 5. The van der Waals surface area contributed by atoms with E-state index in [9.17, 15) is 19.8 Å². The molecule has 3 N–H and O–H groups in total. The molecule has 0 saturated carbocycles. The minimum Gasteiger partial charge on any atom is -0.466 e. The Morgan fingerprint density at radius 3 is 1.44 bits per heavy atom. The summed E-state index contributed by atoms with van der Waals surface area (Å²) in [7, 11) is 0. The maximum Gasteiger partial charge on any atom is 0.305 e. The number of nitrogens with one attached hydrogen (secondary N) is 1. The number of carbonyl (C=O) groups excluding carboxylic acids is 2. The molecule has 0 aliphatic heterocycles. The van der Waals surface area contributed by atoms with Crippen LogP contribution in [0.3, 0.4) is 0 Å². The summed E-state index contributed by atoms with van der Waals surface area (Å²) >= 11 is 0. The predicted octanol–water partition coefficient (Wildman–Crippen LogP) is 13.7. The molecule has 0 fully saturated rings. The fourth-order valence-corrected chi connectivity index (χ4v) is 6.94. The van der Waals surface area contributed by atoms with Crippen molar-refractivity contribution >= 4 is 11.9 Å². The number of ether oxygens (including phenoxy) is 1. The monoisotopic (exact) mass is 774 g/mol. The highest BCUT2D eigenvalue weighted by Crippen LogP contribution is 2.15. The van der Waals surface area contributed by atoms with E-state index >= 15 is 0 Å². The highest BCUT2D eigenvalue weighted by Gasteiger charge is 2.18. The maximum atomic E-state index is 12.4. The van der Waals surface area contributed by atoms with Crippen molar-refractivity contribution in [3.8, 4) is 0 Å². The van der Waals surface area contributed by atoms with Gasteiger partial charge < -0.3 is 20.3 Å². The van der Waals surface area contributed by atoms with Gasteiger partial charge in [-0.2, -0.15) is 0 Å². The van der Waals surface area contributed by atoms with E-state index in [-0.39, 0.29) is 18.5 Å². The number of hydrogen-bond acceptors (Lipinski definition) is 5. The summed E-state index contributed by atoms with van der Waals surface area (Å²) in [6, 6.07) is -0.639. The van der Waals surface area contributed by atoms with E-state index in [1.807, 2.05) is 6.08 Å². The van der Waals surface area contributed by atoms with E-state index < -0.39 is 12.1 Å². The molecular weight excluding hydrogens is 683 g/mol. The molecule has 0 rings (SSSR count). The molecule has 55 heavy (non-hydrogen) atoms. The third-order valence-electron chi connectivity index (χ3n) is 10.7. The Bertz CT molecular complexity index is 900. The largest absolute Gasteiger partial charge is 0.466 e. The van der Waals surface area contributed by atoms with Crippen molar-refractivity contribution in [2.24, 2.45) is 0 Å². The highest BCUT2D eigenvalue weighted by molar-refractivity contribution is 5.76. The Hall–Kier alpha value is -1.92. The fraction of sp³-hybridized carbons (Fsp3) is 0.837. The van der Waals surface area contributed by atoms with E-state index in [4.69, 9.17) is 4.74 Å². The van der Waals surface area contributed by atoms with Gasteiger partial charge >= 0.3 is 5.97 Å². The van der Waals surface area contributed by atoms with Crippen LogP contribution in [0.1, 0.15) is 239 Å². The van der Waals surface area contributed by atoms with Crippen LogP contribution < -0.4 is 5.32 Å². The van der Waals surface area contributed by atoms with Gasteiger partial charge in [0.2, 0.25) is 5.91 Å². The second-order valence-corrected chi connectivity index (χ2v) is 16.1. The maximum absolute atomic E-state index is 12.4. The molecule has 2 atom stereocenters. The average Bonchev–Trinajstić information content (AvgIpc) is 3.18. The summed E-state index contributed by atoms with van der Waals surface area (Å²) in [5.41, 5.74) is 0. The zero-order valence-corrected chi connectivity index (χ0v) is 36.4. The molecule has 0 saturated heterocycles. The molecule has 0 aromatic carbocycles. The molecule has 0 aliphatic rings. The molecule has 1 amide bonds. The molecule has 2 unspecified atom stereocenters. The minimum atomic E-state index is -0.854. The van der Waals surface area contributed by atoms with Crippen molar-refractivity contribution in [1.82, 2.24) is 5.32 Å². The van der Waals surface area contributed by atoms with E-state index in [1.165, 1.54) is 141 Å². The van der Waals surface area contributed by atoms with Crippen LogP contribution >= 0.6 is 0 Å². The van der Waals surface area contributed by atoms with Crippen LogP contribution in [0.15, 0.2) is 36.5 Å². The van der Waals surface area contributed by atoms with Crippen molar-refractivity contribution < 1.29 is 24.5 Å². The Kier molecular flexibility index (Phi) is 43.2. The van der Waals surface area contributed by atoms with Crippen LogP contribution in [0.2, 0.25) is 0 Å². The summed E-state index contributed by atoms with van der Waals surface area (Å²) in [6.07, 6.45) is 52.7. The van der Waals surface area contributed by atoms with E-state index in [2.05, 4.69) is 43.5 Å². The Labute approximate surface area is 341 Å². The molecule has 0 spiro atoms. The number of amides is 1. The SMILES string of the molecule is CCCC/C=C\C/C=C\CCCCCCCC(=O)OCCCCCCCCCCCCCCC(=O)NC(CO)C(O)/C=C/CCCCCCCCCCCC. The number of rotatable bonds is 43. The van der Waals surface area contributed by atoms with Crippen LogP contribution in [0.25, 0.3) is 0 Å². The second kappa shape index (κ2) is 44.8. The number of hydrogen-bond donors (Lipinski definition) is 3. The van der Waals surface area contributed by atoms with E-state index in [0.29, 0.717) is 19.4 Å². The topological polar surface area (TPSA) is 95.9 Å². The molecule has 0 heterocycles. The van der Waals surface area contributed by atoms with Crippen LogP contribution in [0.5, 0.6) is 0 Å². The molecule has 6 heteroatoms. The van der Waals surface area contributed by atoms with Crippen LogP contribution in [0.4, 0.5) is 0 Å². The average molecular weight is 774 g/mol. The first-order valence-corrected chi connectivity index (χ1v) is 23.8. The highest BCUT2D eigenvalue weighted by atomic mass is 16.5. The summed E-state index contributed by atoms with van der Waals surface area (Å²) in [6.45, 7) is 4.80. The smallest absolute Gasteiger partial charge is 0.305 e. The molecule has 322 valence electrons. The number of esters is 1.